The molecule has 2 unspecified atom stereocenters. The Kier molecular flexibility index (Phi) is 4.11. The Morgan fingerprint density at radius 1 is 1.50 bits per heavy atom. The number of hydrogen-bond donors (Lipinski definition) is 2. The molecular formula is C16H19N3O3. The maximum Gasteiger partial charge on any atom is 0.321 e. The molecule has 3 heterocycles. The van der Waals surface area contributed by atoms with Crippen LogP contribution in [-0.2, 0) is 0 Å². The zero-order valence-corrected chi connectivity index (χ0v) is 12.4. The van der Waals surface area contributed by atoms with E-state index in [1.807, 2.05) is 0 Å². The first-order valence-electron chi connectivity index (χ1n) is 7.38. The molecule has 0 saturated carbocycles. The lowest BCUT2D eigenvalue weighted by Gasteiger charge is -2.19. The van der Waals surface area contributed by atoms with Crippen LogP contribution < -0.4 is 5.32 Å². The third-order valence-electron chi connectivity index (χ3n) is 4.00. The highest BCUT2D eigenvalue weighted by Crippen LogP contribution is 2.27. The van der Waals surface area contributed by atoms with Crippen LogP contribution in [-0.4, -0.2) is 40.2 Å². The van der Waals surface area contributed by atoms with Crippen molar-refractivity contribution < 1.29 is 14.3 Å². The predicted octanol–water partition coefficient (Wildman–Crippen LogP) is 2.58. The lowest BCUT2D eigenvalue weighted by Crippen LogP contribution is -2.34. The summed E-state index contributed by atoms with van der Waals surface area (Å²) in [4.78, 5) is 18.4. The summed E-state index contributed by atoms with van der Waals surface area (Å²) in [7, 11) is 0. The minimum atomic E-state index is -0.394. The molecule has 2 amide bonds. The number of amides is 2. The van der Waals surface area contributed by atoms with E-state index in [1.54, 1.807) is 48.5 Å². The molecule has 22 heavy (non-hydrogen) atoms. The summed E-state index contributed by atoms with van der Waals surface area (Å²) >= 11 is 0. The number of pyridine rings is 1. The number of rotatable bonds is 3. The standard InChI is InChI=1S/C16H19N3O3/c1-11(20)12-6-8-19(10-12)16(21)18-13-4-2-7-17-15(13)14-5-3-9-22-14/h2-5,7,9,11-12,20H,6,8,10H2,1H3,(H,18,21). The SMILES string of the molecule is CC(O)C1CCN(C(=O)Nc2cccnc2-c2ccco2)C1. The summed E-state index contributed by atoms with van der Waals surface area (Å²) in [5, 5.41) is 12.5. The first kappa shape index (κ1) is 14.6. The average molecular weight is 301 g/mol. The monoisotopic (exact) mass is 301 g/mol. The maximum atomic E-state index is 12.4. The van der Waals surface area contributed by atoms with Gasteiger partial charge in [-0.15, -0.1) is 0 Å². The van der Waals surface area contributed by atoms with Gasteiger partial charge < -0.3 is 19.7 Å². The topological polar surface area (TPSA) is 78.6 Å². The Labute approximate surface area is 128 Å². The van der Waals surface area contributed by atoms with E-state index >= 15 is 0 Å². The van der Waals surface area contributed by atoms with Gasteiger partial charge in [0.15, 0.2) is 5.76 Å². The number of likely N-dealkylation sites (tertiary alicyclic amines) is 1. The van der Waals surface area contributed by atoms with Gasteiger partial charge in [0.1, 0.15) is 5.69 Å². The molecule has 3 rings (SSSR count). The van der Waals surface area contributed by atoms with Crippen LogP contribution in [0.3, 0.4) is 0 Å². The van der Waals surface area contributed by atoms with Crippen molar-refractivity contribution in [1.82, 2.24) is 9.88 Å². The Hall–Kier alpha value is -2.34. The molecular weight excluding hydrogens is 282 g/mol. The molecule has 1 saturated heterocycles. The number of aliphatic hydroxyl groups is 1. The molecule has 6 heteroatoms. The Bertz CT molecular complexity index is 640. The fraction of sp³-hybridized carbons (Fsp3) is 0.375. The summed E-state index contributed by atoms with van der Waals surface area (Å²) in [6.45, 7) is 2.99. The molecule has 116 valence electrons. The van der Waals surface area contributed by atoms with Gasteiger partial charge in [0.25, 0.3) is 0 Å². The molecule has 1 aliphatic rings. The van der Waals surface area contributed by atoms with Crippen LogP contribution in [0.2, 0.25) is 0 Å². The zero-order valence-electron chi connectivity index (χ0n) is 12.4. The van der Waals surface area contributed by atoms with Crippen molar-refractivity contribution >= 4 is 11.7 Å². The van der Waals surface area contributed by atoms with Gasteiger partial charge in [0.2, 0.25) is 0 Å². The Balaban J connectivity index is 1.73. The number of anilines is 1. The van der Waals surface area contributed by atoms with Gasteiger partial charge in [-0.3, -0.25) is 4.98 Å². The second-order valence-corrected chi connectivity index (χ2v) is 5.54. The number of furan rings is 1. The van der Waals surface area contributed by atoms with E-state index in [0.29, 0.717) is 30.2 Å². The molecule has 2 aromatic heterocycles. The summed E-state index contributed by atoms with van der Waals surface area (Å²) in [5.74, 6) is 0.753. The highest BCUT2D eigenvalue weighted by Gasteiger charge is 2.29. The number of carbonyl (C=O) groups is 1. The molecule has 0 spiro atoms. The normalized spacial score (nSPS) is 19.2. The molecule has 0 aromatic carbocycles. The van der Waals surface area contributed by atoms with Crippen LogP contribution in [0.1, 0.15) is 13.3 Å². The molecule has 6 nitrogen and oxygen atoms in total. The van der Waals surface area contributed by atoms with Gasteiger partial charge in [0, 0.05) is 25.2 Å². The largest absolute Gasteiger partial charge is 0.463 e. The van der Waals surface area contributed by atoms with Crippen molar-refractivity contribution in [3.63, 3.8) is 0 Å². The molecule has 0 aliphatic carbocycles. The smallest absolute Gasteiger partial charge is 0.321 e. The van der Waals surface area contributed by atoms with Crippen molar-refractivity contribution in [3.05, 3.63) is 36.7 Å². The highest BCUT2D eigenvalue weighted by molar-refractivity contribution is 5.93. The minimum Gasteiger partial charge on any atom is -0.463 e. The quantitative estimate of drug-likeness (QED) is 0.913. The van der Waals surface area contributed by atoms with Gasteiger partial charge in [-0.05, 0) is 37.6 Å². The van der Waals surface area contributed by atoms with Crippen molar-refractivity contribution in [3.8, 4) is 11.5 Å². The number of urea groups is 1. The van der Waals surface area contributed by atoms with Crippen LogP contribution in [0, 0.1) is 5.92 Å². The number of carbonyl (C=O) groups excluding carboxylic acids is 1. The number of aromatic nitrogens is 1. The van der Waals surface area contributed by atoms with Crippen LogP contribution >= 0.6 is 0 Å². The van der Waals surface area contributed by atoms with E-state index in [-0.39, 0.29) is 11.9 Å². The first-order chi connectivity index (χ1) is 10.6. The van der Waals surface area contributed by atoms with E-state index in [0.717, 1.165) is 6.42 Å². The zero-order chi connectivity index (χ0) is 15.5. The third kappa shape index (κ3) is 2.96. The second-order valence-electron chi connectivity index (χ2n) is 5.54. The van der Waals surface area contributed by atoms with Crippen LogP contribution in [0.15, 0.2) is 41.1 Å². The molecule has 0 bridgehead atoms. The fourth-order valence-corrected chi connectivity index (χ4v) is 2.68. The maximum absolute atomic E-state index is 12.4. The predicted molar refractivity (Wildman–Crippen MR) is 82.3 cm³/mol. The number of nitrogens with zero attached hydrogens (tertiary/aromatic N) is 2. The van der Waals surface area contributed by atoms with Crippen molar-refractivity contribution in [2.45, 2.75) is 19.4 Å². The molecule has 2 N–H and O–H groups in total. The number of hydrogen-bond acceptors (Lipinski definition) is 4. The van der Waals surface area contributed by atoms with Gasteiger partial charge in [0.05, 0.1) is 18.1 Å². The first-order valence-corrected chi connectivity index (χ1v) is 7.38. The van der Waals surface area contributed by atoms with Gasteiger partial charge >= 0.3 is 6.03 Å². The van der Waals surface area contributed by atoms with Gasteiger partial charge in [-0.1, -0.05) is 0 Å². The van der Waals surface area contributed by atoms with Crippen molar-refractivity contribution in [1.29, 1.82) is 0 Å². The van der Waals surface area contributed by atoms with Crippen LogP contribution in [0.4, 0.5) is 10.5 Å². The Morgan fingerprint density at radius 2 is 2.36 bits per heavy atom. The van der Waals surface area contributed by atoms with E-state index in [9.17, 15) is 9.90 Å². The van der Waals surface area contributed by atoms with Crippen molar-refractivity contribution in [2.24, 2.45) is 5.92 Å². The van der Waals surface area contributed by atoms with E-state index < -0.39 is 6.10 Å². The molecule has 2 atom stereocenters. The number of aliphatic hydroxyl groups excluding tert-OH is 1. The van der Waals surface area contributed by atoms with Crippen LogP contribution in [0.25, 0.3) is 11.5 Å². The molecule has 0 radical (unpaired) electrons. The molecule has 2 aromatic rings. The van der Waals surface area contributed by atoms with Gasteiger partial charge in [-0.2, -0.15) is 0 Å². The summed E-state index contributed by atoms with van der Waals surface area (Å²) < 4.78 is 5.36. The molecule has 1 fully saturated rings. The molecule has 1 aliphatic heterocycles. The van der Waals surface area contributed by atoms with E-state index in [2.05, 4.69) is 10.3 Å². The van der Waals surface area contributed by atoms with Crippen LogP contribution in [0.5, 0.6) is 0 Å². The summed E-state index contributed by atoms with van der Waals surface area (Å²) in [6, 6.07) is 6.97. The minimum absolute atomic E-state index is 0.143. The summed E-state index contributed by atoms with van der Waals surface area (Å²) in [5.41, 5.74) is 1.22. The number of nitrogens with one attached hydrogen (secondary N) is 1. The van der Waals surface area contributed by atoms with Crippen molar-refractivity contribution in [2.75, 3.05) is 18.4 Å². The lowest BCUT2D eigenvalue weighted by atomic mass is 10.0. The second kappa shape index (κ2) is 6.19. The highest BCUT2D eigenvalue weighted by atomic mass is 16.3. The fourth-order valence-electron chi connectivity index (χ4n) is 2.68. The van der Waals surface area contributed by atoms with Gasteiger partial charge in [-0.25, -0.2) is 4.79 Å². The van der Waals surface area contributed by atoms with E-state index in [1.165, 1.54) is 0 Å². The summed E-state index contributed by atoms with van der Waals surface area (Å²) in [6.07, 6.45) is 3.66. The lowest BCUT2D eigenvalue weighted by molar-refractivity contribution is 0.130. The van der Waals surface area contributed by atoms with E-state index in [4.69, 9.17) is 4.42 Å². The Morgan fingerprint density at radius 3 is 3.05 bits per heavy atom. The third-order valence-corrected chi connectivity index (χ3v) is 4.00. The average Bonchev–Trinajstić information content (AvgIpc) is 3.19.